The summed E-state index contributed by atoms with van der Waals surface area (Å²) in [7, 11) is 0. The molecule has 35 heavy (non-hydrogen) atoms. The lowest BCUT2D eigenvalue weighted by atomic mass is 10.2. The summed E-state index contributed by atoms with van der Waals surface area (Å²) in [6, 6.07) is 14.0. The smallest absolute Gasteiger partial charge is 0.250 e. The molecule has 2 aromatic heterocycles. The van der Waals surface area contributed by atoms with Crippen molar-refractivity contribution in [3.05, 3.63) is 72.3 Å². The van der Waals surface area contributed by atoms with Gasteiger partial charge in [-0.1, -0.05) is 18.2 Å². The van der Waals surface area contributed by atoms with Crippen LogP contribution in [-0.4, -0.2) is 57.4 Å². The van der Waals surface area contributed by atoms with Crippen LogP contribution < -0.4 is 16.0 Å². The maximum Gasteiger partial charge on any atom is 0.250 e. The molecule has 1 aliphatic heterocycles. The molecule has 3 N–H and O–H groups in total. The molecule has 1 fully saturated rings. The molecule has 0 spiro atoms. The Balaban J connectivity index is 1.37. The standard InChI is InChI=1S/C25H24FN7O2/c1-16(34)31-10-12-32(13-11-31)22-7-6-17(14-20(22)26)29-25-28-9-8-23(30-25)33-15-19(24(27)35)18-4-2-3-5-21(18)33/h2-9,14-15H,10-13H2,1H3,(H2,27,35)(H,28,29,30). The molecule has 2 aromatic carbocycles. The summed E-state index contributed by atoms with van der Waals surface area (Å²) >= 11 is 0. The molecule has 4 aromatic rings. The zero-order chi connectivity index (χ0) is 24.5. The highest BCUT2D eigenvalue weighted by Gasteiger charge is 2.21. The number of fused-ring (bicyclic) bond motifs is 1. The van der Waals surface area contributed by atoms with E-state index in [1.807, 2.05) is 29.2 Å². The number of aromatic nitrogens is 3. The van der Waals surface area contributed by atoms with E-state index in [0.29, 0.717) is 48.9 Å². The largest absolute Gasteiger partial charge is 0.366 e. The number of nitrogens with one attached hydrogen (secondary N) is 1. The minimum Gasteiger partial charge on any atom is -0.366 e. The number of primary amides is 1. The second-order valence-corrected chi connectivity index (χ2v) is 8.32. The van der Waals surface area contributed by atoms with E-state index in [9.17, 15) is 14.0 Å². The van der Waals surface area contributed by atoms with Gasteiger partial charge < -0.3 is 25.4 Å². The van der Waals surface area contributed by atoms with Gasteiger partial charge in [0, 0.05) is 56.6 Å². The van der Waals surface area contributed by atoms with Crippen molar-refractivity contribution in [1.82, 2.24) is 19.4 Å². The number of rotatable bonds is 5. The van der Waals surface area contributed by atoms with Crippen LogP contribution in [0.25, 0.3) is 16.7 Å². The quantitative estimate of drug-likeness (QED) is 0.461. The third kappa shape index (κ3) is 4.37. The molecular weight excluding hydrogens is 449 g/mol. The number of carbonyl (C=O) groups is 2. The van der Waals surface area contributed by atoms with Gasteiger partial charge in [0.2, 0.25) is 11.9 Å². The van der Waals surface area contributed by atoms with E-state index in [4.69, 9.17) is 5.73 Å². The lowest BCUT2D eigenvalue weighted by Gasteiger charge is -2.35. The average Bonchev–Trinajstić information content (AvgIpc) is 3.25. The average molecular weight is 474 g/mol. The summed E-state index contributed by atoms with van der Waals surface area (Å²) in [5.41, 5.74) is 7.72. The normalized spacial score (nSPS) is 13.8. The molecular formula is C25H24FN7O2. The Kier molecular flexibility index (Phi) is 5.77. The molecule has 5 rings (SSSR count). The van der Waals surface area contributed by atoms with Crippen molar-refractivity contribution in [2.45, 2.75) is 6.92 Å². The molecule has 0 bridgehead atoms. The van der Waals surface area contributed by atoms with Gasteiger partial charge in [0.1, 0.15) is 11.6 Å². The monoisotopic (exact) mass is 473 g/mol. The number of piperazine rings is 1. The number of halogens is 1. The molecule has 3 heterocycles. The van der Waals surface area contributed by atoms with Gasteiger partial charge in [-0.25, -0.2) is 9.37 Å². The van der Waals surface area contributed by atoms with E-state index in [2.05, 4.69) is 15.3 Å². The molecule has 0 unspecified atom stereocenters. The second-order valence-electron chi connectivity index (χ2n) is 8.32. The highest BCUT2D eigenvalue weighted by Crippen LogP contribution is 2.27. The van der Waals surface area contributed by atoms with Gasteiger partial charge in [-0.2, -0.15) is 4.98 Å². The van der Waals surface area contributed by atoms with Crippen LogP contribution in [0.2, 0.25) is 0 Å². The maximum atomic E-state index is 14.9. The van der Waals surface area contributed by atoms with E-state index in [0.717, 1.165) is 10.9 Å². The fourth-order valence-corrected chi connectivity index (χ4v) is 4.34. The fourth-order valence-electron chi connectivity index (χ4n) is 4.34. The number of amides is 2. The predicted octanol–water partition coefficient (Wildman–Crippen LogP) is 3.07. The summed E-state index contributed by atoms with van der Waals surface area (Å²) in [5.74, 6) is -0.0454. The van der Waals surface area contributed by atoms with Gasteiger partial charge in [0.15, 0.2) is 0 Å². The van der Waals surface area contributed by atoms with Crippen LogP contribution >= 0.6 is 0 Å². The zero-order valence-corrected chi connectivity index (χ0v) is 19.1. The summed E-state index contributed by atoms with van der Waals surface area (Å²) < 4.78 is 16.7. The van der Waals surface area contributed by atoms with Crippen LogP contribution in [0.15, 0.2) is 60.9 Å². The summed E-state index contributed by atoms with van der Waals surface area (Å²) in [4.78, 5) is 35.9. The lowest BCUT2D eigenvalue weighted by molar-refractivity contribution is -0.129. The Morgan fingerprint density at radius 2 is 1.83 bits per heavy atom. The first-order valence-electron chi connectivity index (χ1n) is 11.2. The number of hydrogen-bond donors (Lipinski definition) is 2. The van der Waals surface area contributed by atoms with Gasteiger partial charge in [0.05, 0.1) is 16.8 Å². The molecule has 10 heteroatoms. The van der Waals surface area contributed by atoms with Crippen molar-refractivity contribution in [2.24, 2.45) is 5.73 Å². The summed E-state index contributed by atoms with van der Waals surface area (Å²) in [5, 5.41) is 3.78. The third-order valence-corrected chi connectivity index (χ3v) is 6.13. The Labute approximate surface area is 201 Å². The van der Waals surface area contributed by atoms with Crippen molar-refractivity contribution < 1.29 is 14.0 Å². The Hall–Kier alpha value is -4.47. The van der Waals surface area contributed by atoms with E-state index in [-0.39, 0.29) is 17.7 Å². The third-order valence-electron chi connectivity index (χ3n) is 6.13. The predicted molar refractivity (Wildman–Crippen MR) is 132 cm³/mol. The van der Waals surface area contributed by atoms with Crippen LogP contribution in [0.4, 0.5) is 21.7 Å². The van der Waals surface area contributed by atoms with Crippen LogP contribution in [0.1, 0.15) is 17.3 Å². The fraction of sp³-hybridized carbons (Fsp3) is 0.200. The van der Waals surface area contributed by atoms with Crippen molar-refractivity contribution in [1.29, 1.82) is 0 Å². The summed E-state index contributed by atoms with van der Waals surface area (Å²) in [6.07, 6.45) is 3.24. The van der Waals surface area contributed by atoms with Gasteiger partial charge in [-0.3, -0.25) is 9.59 Å². The van der Waals surface area contributed by atoms with E-state index in [1.165, 1.54) is 6.07 Å². The number of hydrogen-bond acceptors (Lipinski definition) is 6. The molecule has 0 aliphatic carbocycles. The molecule has 178 valence electrons. The maximum absolute atomic E-state index is 14.9. The van der Waals surface area contributed by atoms with Gasteiger partial charge in [-0.15, -0.1) is 0 Å². The molecule has 2 amide bonds. The van der Waals surface area contributed by atoms with Crippen LogP contribution in [0.5, 0.6) is 0 Å². The van der Waals surface area contributed by atoms with Gasteiger partial charge >= 0.3 is 0 Å². The Bertz CT molecular complexity index is 1430. The van der Waals surface area contributed by atoms with E-state index < -0.39 is 5.91 Å². The van der Waals surface area contributed by atoms with Crippen molar-refractivity contribution in [3.63, 3.8) is 0 Å². The zero-order valence-electron chi connectivity index (χ0n) is 19.1. The molecule has 9 nitrogen and oxygen atoms in total. The Morgan fingerprint density at radius 1 is 1.06 bits per heavy atom. The topological polar surface area (TPSA) is 109 Å². The van der Waals surface area contributed by atoms with Crippen LogP contribution in [0.3, 0.4) is 0 Å². The van der Waals surface area contributed by atoms with Crippen molar-refractivity contribution >= 4 is 40.0 Å². The van der Waals surface area contributed by atoms with E-state index >= 15 is 0 Å². The van der Waals surface area contributed by atoms with Gasteiger partial charge in [-0.05, 0) is 30.3 Å². The minimum atomic E-state index is -0.523. The lowest BCUT2D eigenvalue weighted by Crippen LogP contribution is -2.48. The number of carbonyl (C=O) groups excluding carboxylic acids is 2. The van der Waals surface area contributed by atoms with Crippen molar-refractivity contribution in [2.75, 3.05) is 36.4 Å². The number of benzene rings is 2. The molecule has 1 saturated heterocycles. The summed E-state index contributed by atoms with van der Waals surface area (Å²) in [6.45, 7) is 3.84. The minimum absolute atomic E-state index is 0.0330. The SMILES string of the molecule is CC(=O)N1CCN(c2ccc(Nc3nccc(-n4cc(C(N)=O)c5ccccc54)n3)cc2F)CC1. The first-order chi connectivity index (χ1) is 16.9. The Morgan fingerprint density at radius 3 is 2.54 bits per heavy atom. The molecule has 1 aliphatic rings. The first kappa shape index (κ1) is 22.3. The van der Waals surface area contributed by atoms with Crippen LogP contribution in [0, 0.1) is 5.82 Å². The number of nitrogens with zero attached hydrogens (tertiary/aromatic N) is 5. The first-order valence-corrected chi connectivity index (χ1v) is 11.2. The van der Waals surface area contributed by atoms with Crippen molar-refractivity contribution in [3.8, 4) is 5.82 Å². The molecule has 0 radical (unpaired) electrons. The molecule has 0 saturated carbocycles. The highest BCUT2D eigenvalue weighted by molar-refractivity contribution is 6.06. The number of anilines is 3. The van der Waals surface area contributed by atoms with E-state index in [1.54, 1.807) is 47.0 Å². The number of nitrogens with two attached hydrogens (primary N) is 1. The second kappa shape index (κ2) is 9.05. The number of para-hydroxylation sites is 1. The van der Waals surface area contributed by atoms with Gasteiger partial charge in [0.25, 0.3) is 5.91 Å². The highest BCUT2D eigenvalue weighted by atomic mass is 19.1. The molecule has 0 atom stereocenters. The van der Waals surface area contributed by atoms with Crippen LogP contribution in [-0.2, 0) is 4.79 Å².